The van der Waals surface area contributed by atoms with Crippen LogP contribution in [0.5, 0.6) is 0 Å². The van der Waals surface area contributed by atoms with E-state index in [0.29, 0.717) is 4.99 Å². The number of aryl methyl sites for hydroxylation is 2. The van der Waals surface area contributed by atoms with Crippen molar-refractivity contribution in [1.29, 1.82) is 0 Å². The van der Waals surface area contributed by atoms with E-state index in [2.05, 4.69) is 11.9 Å². The molecule has 0 unspecified atom stereocenters. The van der Waals surface area contributed by atoms with Crippen LogP contribution in [0.25, 0.3) is 0 Å². The number of thiocarbonyl (C=S) groups is 1. The molecule has 1 rings (SSSR count). The average molecular weight is 200 g/mol. The van der Waals surface area contributed by atoms with Crippen LogP contribution < -0.4 is 5.73 Å². The third kappa shape index (κ3) is 2.01. The van der Waals surface area contributed by atoms with Crippen molar-refractivity contribution in [3.8, 4) is 0 Å². The Labute approximate surface area is 81.8 Å². The Hall–Kier alpha value is -0.480. The van der Waals surface area contributed by atoms with E-state index in [-0.39, 0.29) is 0 Å². The Morgan fingerprint density at radius 2 is 2.33 bits per heavy atom. The van der Waals surface area contributed by atoms with Crippen LogP contribution in [0.3, 0.4) is 0 Å². The maximum atomic E-state index is 5.53. The normalized spacial score (nSPS) is 10.2. The van der Waals surface area contributed by atoms with Crippen LogP contribution >= 0.6 is 23.6 Å². The van der Waals surface area contributed by atoms with E-state index in [1.807, 2.05) is 6.92 Å². The molecule has 0 saturated carbocycles. The van der Waals surface area contributed by atoms with Gasteiger partial charge < -0.3 is 5.73 Å². The second kappa shape index (κ2) is 3.96. The van der Waals surface area contributed by atoms with Gasteiger partial charge in [0.2, 0.25) is 0 Å². The molecule has 0 aromatic carbocycles. The largest absolute Gasteiger partial charge is 0.389 e. The lowest BCUT2D eigenvalue weighted by Gasteiger charge is -1.89. The van der Waals surface area contributed by atoms with Crippen molar-refractivity contribution < 1.29 is 0 Å². The van der Waals surface area contributed by atoms with Crippen LogP contribution in [-0.2, 0) is 6.42 Å². The molecule has 0 spiro atoms. The van der Waals surface area contributed by atoms with Gasteiger partial charge in [0, 0.05) is 0 Å². The van der Waals surface area contributed by atoms with Gasteiger partial charge in [0.05, 0.1) is 15.6 Å². The van der Waals surface area contributed by atoms with Gasteiger partial charge in [-0.05, 0) is 19.8 Å². The highest BCUT2D eigenvalue weighted by molar-refractivity contribution is 7.81. The fraction of sp³-hybridized carbons (Fsp3) is 0.500. The Morgan fingerprint density at radius 1 is 1.67 bits per heavy atom. The smallest absolute Gasteiger partial charge is 0.116 e. The molecule has 0 radical (unpaired) electrons. The van der Waals surface area contributed by atoms with E-state index in [1.54, 1.807) is 11.3 Å². The van der Waals surface area contributed by atoms with Gasteiger partial charge in [-0.25, -0.2) is 4.98 Å². The van der Waals surface area contributed by atoms with E-state index < -0.39 is 0 Å². The van der Waals surface area contributed by atoms with Crippen LogP contribution in [0.15, 0.2) is 0 Å². The second-order valence-electron chi connectivity index (χ2n) is 2.64. The maximum absolute atomic E-state index is 5.53. The van der Waals surface area contributed by atoms with E-state index in [0.717, 1.165) is 28.4 Å². The number of nitrogens with zero attached hydrogens (tertiary/aromatic N) is 1. The first-order chi connectivity index (χ1) is 5.65. The van der Waals surface area contributed by atoms with Gasteiger partial charge in [0.15, 0.2) is 0 Å². The average Bonchev–Trinajstić information content (AvgIpc) is 2.32. The summed E-state index contributed by atoms with van der Waals surface area (Å²) in [6.07, 6.45) is 2.14. The highest BCUT2D eigenvalue weighted by Crippen LogP contribution is 2.18. The third-order valence-corrected chi connectivity index (χ3v) is 3.11. The fourth-order valence-corrected chi connectivity index (χ4v) is 2.29. The molecule has 0 aliphatic heterocycles. The van der Waals surface area contributed by atoms with Crippen molar-refractivity contribution in [3.63, 3.8) is 0 Å². The summed E-state index contributed by atoms with van der Waals surface area (Å²) in [7, 11) is 0. The van der Waals surface area contributed by atoms with Crippen molar-refractivity contribution in [3.05, 3.63) is 15.6 Å². The molecule has 1 heterocycles. The predicted molar refractivity (Wildman–Crippen MR) is 56.7 cm³/mol. The fourth-order valence-electron chi connectivity index (χ4n) is 1.00. The van der Waals surface area contributed by atoms with Gasteiger partial charge in [-0.3, -0.25) is 0 Å². The third-order valence-electron chi connectivity index (χ3n) is 1.53. The summed E-state index contributed by atoms with van der Waals surface area (Å²) in [5.74, 6) is 0. The summed E-state index contributed by atoms with van der Waals surface area (Å²) in [6.45, 7) is 4.08. The van der Waals surface area contributed by atoms with Crippen molar-refractivity contribution >= 4 is 28.5 Å². The summed E-state index contributed by atoms with van der Waals surface area (Å²) in [5, 5.41) is 1.14. The minimum absolute atomic E-state index is 0.465. The maximum Gasteiger partial charge on any atom is 0.116 e. The van der Waals surface area contributed by atoms with Gasteiger partial charge in [0.1, 0.15) is 4.99 Å². The minimum Gasteiger partial charge on any atom is -0.389 e. The molecule has 2 nitrogen and oxygen atoms in total. The van der Waals surface area contributed by atoms with Crippen LogP contribution in [-0.4, -0.2) is 9.97 Å². The first-order valence-corrected chi connectivity index (χ1v) is 5.13. The van der Waals surface area contributed by atoms with Gasteiger partial charge in [-0.2, -0.15) is 0 Å². The summed E-state index contributed by atoms with van der Waals surface area (Å²) in [4.78, 5) is 5.80. The van der Waals surface area contributed by atoms with E-state index in [1.165, 1.54) is 0 Å². The Morgan fingerprint density at radius 3 is 2.75 bits per heavy atom. The Bertz CT molecular complexity index is 291. The van der Waals surface area contributed by atoms with E-state index in [4.69, 9.17) is 18.0 Å². The van der Waals surface area contributed by atoms with E-state index in [9.17, 15) is 0 Å². The monoisotopic (exact) mass is 200 g/mol. The minimum atomic E-state index is 0.465. The molecule has 1 aromatic heterocycles. The predicted octanol–water partition coefficient (Wildman–Crippen LogP) is 2.04. The summed E-state index contributed by atoms with van der Waals surface area (Å²) < 4.78 is 0. The standard InChI is InChI=1S/C8H12N2S2/c1-3-4-6-10-5(2)7(12-6)8(9)11/h3-4H2,1-2H3,(H2,9,11). The number of thiazole rings is 1. The van der Waals surface area contributed by atoms with Crippen LogP contribution in [0.4, 0.5) is 0 Å². The molecule has 1 aromatic rings. The summed E-state index contributed by atoms with van der Waals surface area (Å²) in [6, 6.07) is 0. The van der Waals surface area contributed by atoms with Crippen molar-refractivity contribution in [2.24, 2.45) is 5.73 Å². The zero-order valence-electron chi connectivity index (χ0n) is 7.26. The number of aromatic nitrogens is 1. The highest BCUT2D eigenvalue weighted by atomic mass is 32.1. The SMILES string of the molecule is CCCc1nc(C)c(C(N)=S)s1. The summed E-state index contributed by atoms with van der Waals surface area (Å²) >= 11 is 6.51. The molecule has 2 N–H and O–H groups in total. The molecular formula is C8H12N2S2. The summed E-state index contributed by atoms with van der Waals surface area (Å²) in [5.41, 5.74) is 6.49. The number of nitrogens with two attached hydrogens (primary N) is 1. The molecule has 66 valence electrons. The highest BCUT2D eigenvalue weighted by Gasteiger charge is 2.08. The molecule has 0 aliphatic rings. The number of rotatable bonds is 3. The van der Waals surface area contributed by atoms with E-state index >= 15 is 0 Å². The molecule has 0 bridgehead atoms. The first kappa shape index (κ1) is 9.61. The Kier molecular flexibility index (Phi) is 3.17. The molecule has 0 atom stereocenters. The first-order valence-electron chi connectivity index (χ1n) is 3.91. The number of hydrogen-bond donors (Lipinski definition) is 1. The van der Waals surface area contributed by atoms with Gasteiger partial charge in [-0.1, -0.05) is 19.1 Å². The van der Waals surface area contributed by atoms with Gasteiger partial charge in [-0.15, -0.1) is 11.3 Å². The Balaban J connectivity index is 2.92. The zero-order valence-corrected chi connectivity index (χ0v) is 8.89. The molecule has 12 heavy (non-hydrogen) atoms. The van der Waals surface area contributed by atoms with Crippen LogP contribution in [0.1, 0.15) is 28.9 Å². The van der Waals surface area contributed by atoms with Crippen LogP contribution in [0, 0.1) is 6.92 Å². The topological polar surface area (TPSA) is 38.9 Å². The van der Waals surface area contributed by atoms with Crippen molar-refractivity contribution in [1.82, 2.24) is 4.98 Å². The number of hydrogen-bond acceptors (Lipinski definition) is 3. The molecule has 0 saturated heterocycles. The molecule has 4 heteroatoms. The van der Waals surface area contributed by atoms with Gasteiger partial charge in [0.25, 0.3) is 0 Å². The quantitative estimate of drug-likeness (QED) is 0.759. The van der Waals surface area contributed by atoms with Crippen molar-refractivity contribution in [2.45, 2.75) is 26.7 Å². The lowest BCUT2D eigenvalue weighted by Crippen LogP contribution is -2.08. The van der Waals surface area contributed by atoms with Crippen molar-refractivity contribution in [2.75, 3.05) is 0 Å². The molecule has 0 fully saturated rings. The lowest BCUT2D eigenvalue weighted by atomic mass is 10.3. The lowest BCUT2D eigenvalue weighted by molar-refractivity contribution is 0.903. The molecular weight excluding hydrogens is 188 g/mol. The molecule has 0 amide bonds. The van der Waals surface area contributed by atoms with Crippen LogP contribution in [0.2, 0.25) is 0 Å². The second-order valence-corrected chi connectivity index (χ2v) is 4.16. The zero-order chi connectivity index (χ0) is 9.14. The van der Waals surface area contributed by atoms with Gasteiger partial charge >= 0.3 is 0 Å². The molecule has 0 aliphatic carbocycles.